The molecule has 0 aromatic carbocycles. The molecule has 19 heavy (non-hydrogen) atoms. The van der Waals surface area contributed by atoms with Crippen molar-refractivity contribution in [2.75, 3.05) is 18.5 Å². The first-order chi connectivity index (χ1) is 9.00. The number of nitrogens with one attached hydrogen (secondary N) is 1. The topological polar surface area (TPSA) is 56.3 Å². The summed E-state index contributed by atoms with van der Waals surface area (Å²) in [6.07, 6.45) is 5.41. The molecule has 1 rings (SSSR count). The number of terminal acetylenes is 1. The van der Waals surface area contributed by atoms with E-state index in [0.717, 1.165) is 6.54 Å². The van der Waals surface area contributed by atoms with E-state index in [0.29, 0.717) is 30.7 Å². The lowest BCUT2D eigenvalue weighted by molar-refractivity contribution is 0.124. The summed E-state index contributed by atoms with van der Waals surface area (Å²) in [5.41, 5.74) is -0.708. The van der Waals surface area contributed by atoms with Crippen LogP contribution < -0.4 is 10.1 Å². The molecule has 0 amide bonds. The standard InChI is InChI=1S/C14H21N3O2/c1-6-14(4,5)19-13-9-11(15-7-2)16-12(17-13)10-18-8-3/h1,9H,7-8,10H2,2-5H3,(H,15,16,17). The van der Waals surface area contributed by atoms with Crippen LogP contribution in [0.5, 0.6) is 5.88 Å². The molecule has 5 nitrogen and oxygen atoms in total. The molecule has 0 aliphatic carbocycles. The van der Waals surface area contributed by atoms with E-state index in [1.165, 1.54) is 0 Å². The SMILES string of the molecule is C#CC(C)(C)Oc1cc(NCC)nc(COCC)n1. The van der Waals surface area contributed by atoms with Gasteiger partial charge in [0.2, 0.25) is 5.88 Å². The molecular weight excluding hydrogens is 242 g/mol. The summed E-state index contributed by atoms with van der Waals surface area (Å²) in [6.45, 7) is 9.27. The molecule has 0 saturated heterocycles. The lowest BCUT2D eigenvalue weighted by Crippen LogP contribution is -2.26. The van der Waals surface area contributed by atoms with E-state index in [1.807, 2.05) is 27.7 Å². The van der Waals surface area contributed by atoms with Crippen LogP contribution in [0.1, 0.15) is 33.5 Å². The molecule has 104 valence electrons. The van der Waals surface area contributed by atoms with Crippen molar-refractivity contribution in [2.24, 2.45) is 0 Å². The minimum absolute atomic E-state index is 0.350. The Labute approximate surface area is 114 Å². The maximum absolute atomic E-state index is 5.68. The largest absolute Gasteiger partial charge is 0.458 e. The highest BCUT2D eigenvalue weighted by Gasteiger charge is 2.17. The Balaban J connectivity index is 2.96. The zero-order valence-corrected chi connectivity index (χ0v) is 12.0. The molecule has 0 atom stereocenters. The fourth-order valence-corrected chi connectivity index (χ4v) is 1.35. The van der Waals surface area contributed by atoms with Crippen molar-refractivity contribution < 1.29 is 9.47 Å². The number of aromatic nitrogens is 2. The van der Waals surface area contributed by atoms with Gasteiger partial charge in [0, 0.05) is 19.2 Å². The Bertz CT molecular complexity index is 452. The number of hydrogen-bond acceptors (Lipinski definition) is 5. The predicted molar refractivity (Wildman–Crippen MR) is 75.1 cm³/mol. The lowest BCUT2D eigenvalue weighted by Gasteiger charge is -2.20. The van der Waals surface area contributed by atoms with Gasteiger partial charge < -0.3 is 14.8 Å². The van der Waals surface area contributed by atoms with Crippen LogP contribution in [0.2, 0.25) is 0 Å². The van der Waals surface area contributed by atoms with E-state index in [4.69, 9.17) is 15.9 Å². The Morgan fingerprint density at radius 1 is 1.37 bits per heavy atom. The average molecular weight is 263 g/mol. The summed E-state index contributed by atoms with van der Waals surface area (Å²) in [4.78, 5) is 8.63. The van der Waals surface area contributed by atoms with Gasteiger partial charge in [-0.3, -0.25) is 0 Å². The van der Waals surface area contributed by atoms with Gasteiger partial charge in [-0.1, -0.05) is 5.92 Å². The first-order valence-electron chi connectivity index (χ1n) is 6.37. The molecule has 1 aromatic heterocycles. The molecule has 0 aliphatic rings. The van der Waals surface area contributed by atoms with Crippen LogP contribution in [0.25, 0.3) is 0 Å². The summed E-state index contributed by atoms with van der Waals surface area (Å²) >= 11 is 0. The molecule has 0 unspecified atom stereocenters. The van der Waals surface area contributed by atoms with Gasteiger partial charge in [0.05, 0.1) is 0 Å². The van der Waals surface area contributed by atoms with Crippen molar-refractivity contribution in [2.45, 2.75) is 39.9 Å². The smallest absolute Gasteiger partial charge is 0.220 e. The Kier molecular flexibility index (Phi) is 5.58. The molecule has 5 heteroatoms. The van der Waals surface area contributed by atoms with E-state index >= 15 is 0 Å². The maximum atomic E-state index is 5.68. The van der Waals surface area contributed by atoms with Gasteiger partial charge in [-0.15, -0.1) is 6.42 Å². The zero-order valence-electron chi connectivity index (χ0n) is 12.0. The Morgan fingerprint density at radius 2 is 2.11 bits per heavy atom. The number of hydrogen-bond donors (Lipinski definition) is 1. The second kappa shape index (κ2) is 6.95. The minimum atomic E-state index is -0.708. The molecule has 0 spiro atoms. The third-order valence-corrected chi connectivity index (χ3v) is 2.25. The highest BCUT2D eigenvalue weighted by Crippen LogP contribution is 2.19. The van der Waals surface area contributed by atoms with Crippen molar-refractivity contribution in [3.63, 3.8) is 0 Å². The van der Waals surface area contributed by atoms with Gasteiger partial charge in [-0.2, -0.15) is 4.98 Å². The number of ether oxygens (including phenoxy) is 2. The first kappa shape index (κ1) is 15.3. The summed E-state index contributed by atoms with van der Waals surface area (Å²) in [5.74, 6) is 4.29. The highest BCUT2D eigenvalue weighted by atomic mass is 16.5. The van der Waals surface area contributed by atoms with Crippen molar-refractivity contribution in [3.05, 3.63) is 11.9 Å². The second-order valence-electron chi connectivity index (χ2n) is 4.43. The van der Waals surface area contributed by atoms with Gasteiger partial charge in [0.25, 0.3) is 0 Å². The summed E-state index contributed by atoms with van der Waals surface area (Å²) < 4.78 is 11.0. The summed E-state index contributed by atoms with van der Waals surface area (Å²) in [6, 6.07) is 1.73. The summed E-state index contributed by atoms with van der Waals surface area (Å²) in [7, 11) is 0. The van der Waals surface area contributed by atoms with Crippen LogP contribution >= 0.6 is 0 Å². The normalized spacial score (nSPS) is 10.9. The number of anilines is 1. The highest BCUT2D eigenvalue weighted by molar-refractivity contribution is 5.38. The van der Waals surface area contributed by atoms with Crippen molar-refractivity contribution in [1.29, 1.82) is 0 Å². The molecule has 1 N–H and O–H groups in total. The van der Waals surface area contributed by atoms with Crippen LogP contribution in [-0.4, -0.2) is 28.7 Å². The summed E-state index contributed by atoms with van der Waals surface area (Å²) in [5, 5.41) is 3.13. The average Bonchev–Trinajstić information content (AvgIpc) is 2.36. The van der Waals surface area contributed by atoms with Gasteiger partial charge in [0.15, 0.2) is 11.4 Å². The van der Waals surface area contributed by atoms with Crippen LogP contribution in [0, 0.1) is 12.3 Å². The molecule has 0 saturated carbocycles. The number of rotatable bonds is 7. The Morgan fingerprint density at radius 3 is 2.68 bits per heavy atom. The van der Waals surface area contributed by atoms with Crippen LogP contribution in [-0.2, 0) is 11.3 Å². The van der Waals surface area contributed by atoms with E-state index < -0.39 is 5.60 Å². The molecule has 1 aromatic rings. The molecule has 0 fully saturated rings. The van der Waals surface area contributed by atoms with E-state index in [2.05, 4.69) is 21.2 Å². The quantitative estimate of drug-likeness (QED) is 0.765. The fourth-order valence-electron chi connectivity index (χ4n) is 1.35. The first-order valence-corrected chi connectivity index (χ1v) is 6.37. The zero-order chi connectivity index (χ0) is 14.3. The van der Waals surface area contributed by atoms with Crippen LogP contribution in [0.4, 0.5) is 5.82 Å². The minimum Gasteiger partial charge on any atom is -0.458 e. The monoisotopic (exact) mass is 263 g/mol. The van der Waals surface area contributed by atoms with Gasteiger partial charge in [0.1, 0.15) is 12.4 Å². The fraction of sp³-hybridized carbons (Fsp3) is 0.571. The van der Waals surface area contributed by atoms with Gasteiger partial charge in [-0.05, 0) is 27.7 Å². The second-order valence-corrected chi connectivity index (χ2v) is 4.43. The van der Waals surface area contributed by atoms with Gasteiger partial charge in [-0.25, -0.2) is 4.98 Å². The molecule has 1 heterocycles. The lowest BCUT2D eigenvalue weighted by atomic mass is 10.1. The van der Waals surface area contributed by atoms with Crippen LogP contribution in [0.15, 0.2) is 6.07 Å². The third-order valence-electron chi connectivity index (χ3n) is 2.25. The molecular formula is C14H21N3O2. The predicted octanol–water partition coefficient (Wildman–Crippen LogP) is 2.24. The number of nitrogens with zero attached hydrogens (tertiary/aromatic N) is 2. The van der Waals surface area contributed by atoms with Gasteiger partial charge >= 0.3 is 0 Å². The third kappa shape index (κ3) is 5.14. The van der Waals surface area contributed by atoms with Crippen LogP contribution in [0.3, 0.4) is 0 Å². The van der Waals surface area contributed by atoms with E-state index in [-0.39, 0.29) is 0 Å². The van der Waals surface area contributed by atoms with E-state index in [1.54, 1.807) is 6.07 Å². The molecule has 0 bridgehead atoms. The van der Waals surface area contributed by atoms with E-state index in [9.17, 15) is 0 Å². The van der Waals surface area contributed by atoms with Crippen molar-refractivity contribution in [1.82, 2.24) is 9.97 Å². The van der Waals surface area contributed by atoms with Crippen molar-refractivity contribution >= 4 is 5.82 Å². The molecule has 0 radical (unpaired) electrons. The van der Waals surface area contributed by atoms with Crippen molar-refractivity contribution in [3.8, 4) is 18.2 Å². The maximum Gasteiger partial charge on any atom is 0.220 e. The Hall–Kier alpha value is -1.80. The molecule has 0 aliphatic heterocycles.